The van der Waals surface area contributed by atoms with Crippen molar-refractivity contribution >= 4 is 27.5 Å². The third-order valence-electron chi connectivity index (χ3n) is 8.03. The molecule has 1 fully saturated rings. The molecule has 0 radical (unpaired) electrons. The summed E-state index contributed by atoms with van der Waals surface area (Å²) in [5, 5.41) is 3.21. The highest BCUT2D eigenvalue weighted by molar-refractivity contribution is 7.92. The highest BCUT2D eigenvalue weighted by Gasteiger charge is 2.32. The number of sulfonamides is 1. The highest BCUT2D eigenvalue weighted by Crippen LogP contribution is 2.24. The van der Waals surface area contributed by atoms with Crippen LogP contribution < -0.4 is 9.62 Å². The second-order valence-corrected chi connectivity index (χ2v) is 13.3. The van der Waals surface area contributed by atoms with E-state index in [1.165, 1.54) is 16.4 Å². The van der Waals surface area contributed by atoms with Crippen LogP contribution in [0.1, 0.15) is 61.6 Å². The molecular weight excluding hydrogens is 565 g/mol. The fourth-order valence-corrected chi connectivity index (χ4v) is 6.73. The first-order valence-electron chi connectivity index (χ1n) is 15.0. The molecule has 0 saturated heterocycles. The first-order chi connectivity index (χ1) is 20.6. The van der Waals surface area contributed by atoms with Gasteiger partial charge in [-0.3, -0.25) is 13.9 Å². The van der Waals surface area contributed by atoms with Crippen molar-refractivity contribution in [3.8, 4) is 0 Å². The zero-order valence-electron chi connectivity index (χ0n) is 25.0. The minimum Gasteiger partial charge on any atom is -0.352 e. The van der Waals surface area contributed by atoms with Crippen LogP contribution >= 0.6 is 0 Å². The summed E-state index contributed by atoms with van der Waals surface area (Å²) in [7, 11) is -3.59. The summed E-state index contributed by atoms with van der Waals surface area (Å²) >= 11 is 0. The van der Waals surface area contributed by atoms with Crippen LogP contribution in [-0.2, 0) is 32.6 Å². The summed E-state index contributed by atoms with van der Waals surface area (Å²) in [4.78, 5) is 29.5. The summed E-state index contributed by atoms with van der Waals surface area (Å²) in [5.74, 6) is -0.847. The molecule has 1 atom stereocenters. The Bertz CT molecular complexity index is 1460. The lowest BCUT2D eigenvalue weighted by atomic mass is 9.94. The zero-order valence-corrected chi connectivity index (χ0v) is 25.9. The number of benzene rings is 3. The van der Waals surface area contributed by atoms with Crippen LogP contribution in [0.5, 0.6) is 0 Å². The molecule has 0 unspecified atom stereocenters. The average Bonchev–Trinajstić information content (AvgIpc) is 2.99. The maximum absolute atomic E-state index is 14.0. The summed E-state index contributed by atoms with van der Waals surface area (Å²) in [5.41, 5.74) is 3.02. The van der Waals surface area contributed by atoms with Gasteiger partial charge in [0, 0.05) is 32.0 Å². The second-order valence-electron chi connectivity index (χ2n) is 11.4. The van der Waals surface area contributed by atoms with Gasteiger partial charge in [0.2, 0.25) is 21.8 Å². The lowest BCUT2D eigenvalue weighted by molar-refractivity contribution is -0.141. The average molecular weight is 608 g/mol. The maximum Gasteiger partial charge on any atom is 0.243 e. The van der Waals surface area contributed by atoms with E-state index in [0.29, 0.717) is 17.7 Å². The van der Waals surface area contributed by atoms with E-state index in [2.05, 4.69) is 5.32 Å². The Morgan fingerprint density at radius 2 is 1.56 bits per heavy atom. The van der Waals surface area contributed by atoms with Gasteiger partial charge in [-0.25, -0.2) is 12.8 Å². The van der Waals surface area contributed by atoms with E-state index < -0.39 is 16.1 Å². The molecule has 0 aromatic heterocycles. The number of nitrogens with zero attached hydrogens (tertiary/aromatic N) is 2. The molecule has 0 bridgehead atoms. The van der Waals surface area contributed by atoms with E-state index >= 15 is 0 Å². The smallest absolute Gasteiger partial charge is 0.243 e. The van der Waals surface area contributed by atoms with Crippen LogP contribution in [0.3, 0.4) is 0 Å². The number of halogens is 1. The number of rotatable bonds is 13. The van der Waals surface area contributed by atoms with Crippen LogP contribution in [0.2, 0.25) is 0 Å². The predicted molar refractivity (Wildman–Crippen MR) is 169 cm³/mol. The largest absolute Gasteiger partial charge is 0.352 e. The van der Waals surface area contributed by atoms with Crippen LogP contribution in [0, 0.1) is 12.7 Å². The Morgan fingerprint density at radius 3 is 2.21 bits per heavy atom. The fourth-order valence-electron chi connectivity index (χ4n) is 5.71. The molecule has 1 N–H and O–H groups in total. The maximum atomic E-state index is 14.0. The van der Waals surface area contributed by atoms with Crippen molar-refractivity contribution in [3.05, 3.63) is 101 Å². The molecule has 1 saturated carbocycles. The van der Waals surface area contributed by atoms with Gasteiger partial charge in [0.15, 0.2) is 0 Å². The lowest BCUT2D eigenvalue weighted by Crippen LogP contribution is -2.52. The summed E-state index contributed by atoms with van der Waals surface area (Å²) in [6, 6.07) is 22.1. The molecule has 7 nitrogen and oxygen atoms in total. The molecule has 0 spiro atoms. The van der Waals surface area contributed by atoms with E-state index in [9.17, 15) is 22.4 Å². The minimum atomic E-state index is -3.59. The Balaban J connectivity index is 1.59. The molecule has 0 heterocycles. The Labute approximate surface area is 255 Å². The summed E-state index contributed by atoms with van der Waals surface area (Å²) in [6.07, 6.45) is 6.89. The van der Waals surface area contributed by atoms with Gasteiger partial charge in [0.05, 0.1) is 11.9 Å². The van der Waals surface area contributed by atoms with Crippen molar-refractivity contribution in [2.24, 2.45) is 0 Å². The number of amides is 2. The fraction of sp³-hybridized carbons (Fsp3) is 0.412. The van der Waals surface area contributed by atoms with E-state index in [-0.39, 0.29) is 49.6 Å². The molecule has 4 rings (SSSR count). The normalized spacial score (nSPS) is 14.6. The number of carbonyl (C=O) groups is 2. The van der Waals surface area contributed by atoms with Gasteiger partial charge < -0.3 is 10.2 Å². The molecule has 1 aliphatic carbocycles. The van der Waals surface area contributed by atoms with Crippen molar-refractivity contribution in [3.63, 3.8) is 0 Å². The van der Waals surface area contributed by atoms with E-state index in [4.69, 9.17) is 0 Å². The predicted octanol–water partition coefficient (Wildman–Crippen LogP) is 5.77. The van der Waals surface area contributed by atoms with Gasteiger partial charge in [0.1, 0.15) is 11.9 Å². The van der Waals surface area contributed by atoms with Crippen molar-refractivity contribution in [1.29, 1.82) is 0 Å². The molecule has 9 heteroatoms. The minimum absolute atomic E-state index is 0.0428. The van der Waals surface area contributed by atoms with Crippen molar-refractivity contribution in [1.82, 2.24) is 10.2 Å². The van der Waals surface area contributed by atoms with Gasteiger partial charge in [-0.2, -0.15) is 0 Å². The first-order valence-corrected chi connectivity index (χ1v) is 16.9. The van der Waals surface area contributed by atoms with E-state index in [1.807, 2.05) is 49.4 Å². The Kier molecular flexibility index (Phi) is 11.3. The number of hydrogen-bond donors (Lipinski definition) is 1. The molecule has 0 aliphatic heterocycles. The summed E-state index contributed by atoms with van der Waals surface area (Å²) < 4.78 is 40.5. The number of anilines is 1. The zero-order chi connectivity index (χ0) is 30.8. The third-order valence-corrected chi connectivity index (χ3v) is 9.21. The molecule has 3 aromatic rings. The number of aryl methyl sites for hydroxylation is 1. The van der Waals surface area contributed by atoms with Crippen LogP contribution in [0.4, 0.5) is 10.1 Å². The number of hydrogen-bond acceptors (Lipinski definition) is 4. The molecule has 3 aromatic carbocycles. The van der Waals surface area contributed by atoms with Gasteiger partial charge in [0.25, 0.3) is 0 Å². The van der Waals surface area contributed by atoms with Crippen LogP contribution in [-0.4, -0.2) is 50.0 Å². The Hall–Kier alpha value is -3.72. The van der Waals surface area contributed by atoms with Crippen molar-refractivity contribution in [2.45, 2.75) is 76.9 Å². The Morgan fingerprint density at radius 1 is 0.907 bits per heavy atom. The molecule has 43 heavy (non-hydrogen) atoms. The molecular formula is C34H42FN3O4S. The van der Waals surface area contributed by atoms with Crippen LogP contribution in [0.25, 0.3) is 0 Å². The molecule has 230 valence electrons. The van der Waals surface area contributed by atoms with Crippen molar-refractivity contribution in [2.75, 3.05) is 17.1 Å². The lowest BCUT2D eigenvalue weighted by Gasteiger charge is -2.34. The SMILES string of the molecule is Cc1ccccc1N(CCCC(=O)N(Cc1ccc(F)cc1)[C@H](Cc1ccccc1)C(=O)NC1CCCCC1)S(C)(=O)=O. The standard InChI is InChI=1S/C34H42FN3O4S/c1-26-12-9-10-17-31(26)38(43(2,41)42)23-11-18-33(39)37(25-28-19-21-29(35)22-20-28)32(24-27-13-5-3-6-14-27)34(40)36-30-15-7-4-8-16-30/h3,5-6,9-10,12-14,17,19-22,30,32H,4,7-8,11,15-16,18,23-25H2,1-2H3,(H,36,40)/t32-/m1/s1. The number of para-hydroxylation sites is 1. The first kappa shape index (κ1) is 32.2. The van der Waals surface area contributed by atoms with Gasteiger partial charge in [-0.1, -0.05) is 79.9 Å². The second kappa shape index (κ2) is 15.1. The molecule has 2 amide bonds. The van der Waals surface area contributed by atoms with Gasteiger partial charge in [-0.05, 0) is 61.1 Å². The number of carbonyl (C=O) groups excluding carboxylic acids is 2. The summed E-state index contributed by atoms with van der Waals surface area (Å²) in [6.45, 7) is 2.10. The monoisotopic (exact) mass is 607 g/mol. The third kappa shape index (κ3) is 9.38. The van der Waals surface area contributed by atoms with Gasteiger partial charge in [-0.15, -0.1) is 0 Å². The van der Waals surface area contributed by atoms with E-state index in [0.717, 1.165) is 49.5 Å². The van der Waals surface area contributed by atoms with Crippen LogP contribution in [0.15, 0.2) is 78.9 Å². The van der Waals surface area contributed by atoms with Crippen molar-refractivity contribution < 1.29 is 22.4 Å². The van der Waals surface area contributed by atoms with E-state index in [1.54, 1.807) is 29.2 Å². The topological polar surface area (TPSA) is 86.8 Å². The highest BCUT2D eigenvalue weighted by atomic mass is 32.2. The quantitative estimate of drug-likeness (QED) is 0.267. The van der Waals surface area contributed by atoms with Gasteiger partial charge >= 0.3 is 0 Å². The number of nitrogens with one attached hydrogen (secondary N) is 1. The molecule has 1 aliphatic rings.